The van der Waals surface area contributed by atoms with Crippen molar-refractivity contribution < 1.29 is 10.0 Å². The molecule has 0 radical (unpaired) electrons. The second-order valence-electron chi connectivity index (χ2n) is 6.07. The second-order valence-corrected chi connectivity index (χ2v) is 6.07. The molecule has 3 rings (SSSR count). The van der Waals surface area contributed by atoms with E-state index in [2.05, 4.69) is 10.00 Å². The van der Waals surface area contributed by atoms with E-state index in [0.29, 0.717) is 24.6 Å². The van der Waals surface area contributed by atoms with Crippen molar-refractivity contribution in [2.45, 2.75) is 13.5 Å². The first-order valence-corrected chi connectivity index (χ1v) is 7.89. The largest absolute Gasteiger partial charge is 0.508 e. The standard InChI is InChI=1S/C16H21N5O3/c1-12-15(21(23)24)16(18(2)17-12)20-8-6-19(7-9-20)11-13-4-3-5-14(22)10-13/h3-5,10,22H,6-9,11H2,1-2H3. The zero-order valence-electron chi connectivity index (χ0n) is 13.8. The van der Waals surface area contributed by atoms with E-state index in [1.807, 2.05) is 17.0 Å². The van der Waals surface area contributed by atoms with Gasteiger partial charge in [-0.25, -0.2) is 4.68 Å². The predicted octanol–water partition coefficient (Wildman–Crippen LogP) is 1.66. The maximum Gasteiger partial charge on any atom is 0.333 e. The van der Waals surface area contributed by atoms with Gasteiger partial charge >= 0.3 is 5.69 Å². The number of phenolic OH excluding ortho intramolecular Hbond substituents is 1. The molecule has 1 aromatic heterocycles. The van der Waals surface area contributed by atoms with Gasteiger partial charge in [0, 0.05) is 39.8 Å². The highest BCUT2D eigenvalue weighted by Crippen LogP contribution is 2.31. The molecule has 8 heteroatoms. The molecular weight excluding hydrogens is 310 g/mol. The van der Waals surface area contributed by atoms with Gasteiger partial charge in [-0.1, -0.05) is 12.1 Å². The van der Waals surface area contributed by atoms with Gasteiger partial charge in [-0.15, -0.1) is 0 Å². The van der Waals surface area contributed by atoms with Gasteiger partial charge in [0.1, 0.15) is 11.4 Å². The zero-order chi connectivity index (χ0) is 17.3. The molecule has 1 aliphatic rings. The Morgan fingerprint density at radius 2 is 2.00 bits per heavy atom. The van der Waals surface area contributed by atoms with Crippen LogP contribution in [0.1, 0.15) is 11.3 Å². The monoisotopic (exact) mass is 331 g/mol. The molecule has 0 unspecified atom stereocenters. The SMILES string of the molecule is Cc1nn(C)c(N2CCN(Cc3cccc(O)c3)CC2)c1[N+](=O)[O-]. The fraction of sp³-hybridized carbons (Fsp3) is 0.438. The third-order valence-corrected chi connectivity index (χ3v) is 4.33. The summed E-state index contributed by atoms with van der Waals surface area (Å²) in [6.07, 6.45) is 0. The van der Waals surface area contributed by atoms with Gasteiger partial charge in [-0.05, 0) is 24.6 Å². The van der Waals surface area contributed by atoms with E-state index in [1.165, 1.54) is 0 Å². The maximum absolute atomic E-state index is 11.3. The third kappa shape index (κ3) is 3.18. The Morgan fingerprint density at radius 1 is 1.29 bits per heavy atom. The molecule has 1 fully saturated rings. The summed E-state index contributed by atoms with van der Waals surface area (Å²) in [6, 6.07) is 7.25. The Morgan fingerprint density at radius 3 is 2.62 bits per heavy atom. The maximum atomic E-state index is 11.3. The minimum Gasteiger partial charge on any atom is -0.508 e. The number of aryl methyl sites for hydroxylation is 2. The number of piperazine rings is 1. The van der Waals surface area contributed by atoms with Gasteiger partial charge in [0.15, 0.2) is 0 Å². The Bertz CT molecular complexity index is 750. The van der Waals surface area contributed by atoms with Gasteiger partial charge in [0.05, 0.1) is 4.92 Å². The summed E-state index contributed by atoms with van der Waals surface area (Å²) in [5.41, 5.74) is 1.60. The molecular formula is C16H21N5O3. The van der Waals surface area contributed by atoms with Crippen molar-refractivity contribution in [2.24, 2.45) is 7.05 Å². The van der Waals surface area contributed by atoms with Crippen LogP contribution in [-0.4, -0.2) is 50.9 Å². The van der Waals surface area contributed by atoms with Crippen LogP contribution < -0.4 is 4.90 Å². The fourth-order valence-corrected chi connectivity index (χ4v) is 3.23. The van der Waals surface area contributed by atoms with E-state index >= 15 is 0 Å². The molecule has 1 aromatic carbocycles. The number of nitrogens with zero attached hydrogens (tertiary/aromatic N) is 5. The van der Waals surface area contributed by atoms with E-state index in [-0.39, 0.29) is 16.4 Å². The van der Waals surface area contributed by atoms with E-state index in [4.69, 9.17) is 0 Å². The number of aromatic nitrogens is 2. The van der Waals surface area contributed by atoms with Gasteiger partial charge in [-0.2, -0.15) is 5.10 Å². The highest BCUT2D eigenvalue weighted by Gasteiger charge is 2.30. The summed E-state index contributed by atoms with van der Waals surface area (Å²) in [4.78, 5) is 15.3. The molecule has 24 heavy (non-hydrogen) atoms. The average molecular weight is 331 g/mol. The molecule has 0 aliphatic carbocycles. The van der Waals surface area contributed by atoms with Crippen molar-refractivity contribution >= 4 is 11.5 Å². The molecule has 0 saturated carbocycles. The molecule has 8 nitrogen and oxygen atoms in total. The van der Waals surface area contributed by atoms with Crippen LogP contribution in [0, 0.1) is 17.0 Å². The van der Waals surface area contributed by atoms with Crippen LogP contribution in [0.4, 0.5) is 11.5 Å². The lowest BCUT2D eigenvalue weighted by molar-refractivity contribution is -0.384. The first-order valence-electron chi connectivity index (χ1n) is 7.89. The first-order chi connectivity index (χ1) is 11.5. The molecule has 1 N–H and O–H groups in total. The van der Waals surface area contributed by atoms with Crippen LogP contribution in [-0.2, 0) is 13.6 Å². The number of rotatable bonds is 4. The lowest BCUT2D eigenvalue weighted by Crippen LogP contribution is -2.46. The van der Waals surface area contributed by atoms with Crippen LogP contribution in [0.25, 0.3) is 0 Å². The number of hydrogen-bond acceptors (Lipinski definition) is 6. The first kappa shape index (κ1) is 16.3. The Hall–Kier alpha value is -2.61. The van der Waals surface area contributed by atoms with Crippen LogP contribution in [0.2, 0.25) is 0 Å². The van der Waals surface area contributed by atoms with Crippen molar-refractivity contribution in [1.29, 1.82) is 0 Å². The summed E-state index contributed by atoms with van der Waals surface area (Å²) in [7, 11) is 1.74. The molecule has 0 spiro atoms. The van der Waals surface area contributed by atoms with E-state index in [9.17, 15) is 15.2 Å². The van der Waals surface area contributed by atoms with Gasteiger partial charge in [0.25, 0.3) is 0 Å². The minimum absolute atomic E-state index is 0.0962. The van der Waals surface area contributed by atoms with Gasteiger partial charge < -0.3 is 10.0 Å². The predicted molar refractivity (Wildman–Crippen MR) is 90.2 cm³/mol. The smallest absolute Gasteiger partial charge is 0.333 e. The van der Waals surface area contributed by atoms with Gasteiger partial charge in [0.2, 0.25) is 5.82 Å². The Labute approximate surface area is 140 Å². The van der Waals surface area contributed by atoms with E-state index in [0.717, 1.165) is 25.2 Å². The van der Waals surface area contributed by atoms with Crippen molar-refractivity contribution in [2.75, 3.05) is 31.1 Å². The lowest BCUT2D eigenvalue weighted by atomic mass is 10.2. The summed E-state index contributed by atoms with van der Waals surface area (Å²) in [6.45, 7) is 5.44. The number of benzene rings is 1. The number of nitro groups is 1. The minimum atomic E-state index is -0.350. The summed E-state index contributed by atoms with van der Waals surface area (Å²) >= 11 is 0. The quantitative estimate of drug-likeness (QED) is 0.677. The van der Waals surface area contributed by atoms with Crippen molar-refractivity contribution in [3.05, 3.63) is 45.6 Å². The summed E-state index contributed by atoms with van der Waals surface area (Å²) in [5, 5.41) is 25.1. The molecule has 0 amide bonds. The average Bonchev–Trinajstić information content (AvgIpc) is 2.82. The molecule has 2 aromatic rings. The normalized spacial score (nSPS) is 15.7. The molecule has 0 atom stereocenters. The molecule has 128 valence electrons. The molecule has 0 bridgehead atoms. The molecule has 2 heterocycles. The third-order valence-electron chi connectivity index (χ3n) is 4.33. The zero-order valence-corrected chi connectivity index (χ0v) is 13.8. The van der Waals surface area contributed by atoms with Crippen LogP contribution in [0.3, 0.4) is 0 Å². The lowest BCUT2D eigenvalue weighted by Gasteiger charge is -2.35. The second kappa shape index (κ2) is 6.48. The van der Waals surface area contributed by atoms with Crippen molar-refractivity contribution in [1.82, 2.24) is 14.7 Å². The van der Waals surface area contributed by atoms with Crippen molar-refractivity contribution in [3.63, 3.8) is 0 Å². The van der Waals surface area contributed by atoms with Crippen LogP contribution in [0.15, 0.2) is 24.3 Å². The summed E-state index contributed by atoms with van der Waals surface area (Å²) in [5.74, 6) is 0.849. The number of aromatic hydroxyl groups is 1. The van der Waals surface area contributed by atoms with Gasteiger partial charge in [-0.3, -0.25) is 15.0 Å². The Kier molecular flexibility index (Phi) is 4.39. The van der Waals surface area contributed by atoms with E-state index < -0.39 is 0 Å². The van der Waals surface area contributed by atoms with E-state index in [1.54, 1.807) is 30.8 Å². The Balaban J connectivity index is 1.68. The number of hydrogen-bond donors (Lipinski definition) is 1. The molecule has 1 saturated heterocycles. The summed E-state index contributed by atoms with van der Waals surface area (Å²) < 4.78 is 1.60. The van der Waals surface area contributed by atoms with Crippen LogP contribution in [0.5, 0.6) is 5.75 Å². The van der Waals surface area contributed by atoms with Crippen molar-refractivity contribution in [3.8, 4) is 5.75 Å². The number of phenols is 1. The molecule has 1 aliphatic heterocycles. The number of anilines is 1. The van der Waals surface area contributed by atoms with Crippen LogP contribution >= 0.6 is 0 Å². The fourth-order valence-electron chi connectivity index (χ4n) is 3.23. The highest BCUT2D eigenvalue weighted by atomic mass is 16.6. The topological polar surface area (TPSA) is 87.7 Å². The highest BCUT2D eigenvalue weighted by molar-refractivity contribution is 5.61.